The fourth-order valence-corrected chi connectivity index (χ4v) is 6.36. The van der Waals surface area contributed by atoms with E-state index in [4.69, 9.17) is 0 Å². The molecule has 8 aromatic rings. The van der Waals surface area contributed by atoms with E-state index in [1.165, 1.54) is 10.8 Å². The lowest BCUT2D eigenvalue weighted by atomic mass is 9.99. The zero-order chi connectivity index (χ0) is 31.7. The van der Waals surface area contributed by atoms with E-state index >= 15 is 0 Å². The first kappa shape index (κ1) is 27.8. The van der Waals surface area contributed by atoms with Gasteiger partial charge in [0.1, 0.15) is 0 Å². The molecule has 0 heterocycles. The number of rotatable bonds is 5. The Labute approximate surface area is 273 Å². The van der Waals surface area contributed by atoms with E-state index in [1.807, 2.05) is 36.4 Å². The highest BCUT2D eigenvalue weighted by Gasteiger charge is 2.14. The van der Waals surface area contributed by atoms with Crippen LogP contribution < -0.4 is 4.90 Å². The van der Waals surface area contributed by atoms with Crippen molar-refractivity contribution in [3.8, 4) is 34.4 Å². The van der Waals surface area contributed by atoms with Gasteiger partial charge in [-0.05, 0) is 127 Å². The van der Waals surface area contributed by atoms with Gasteiger partial charge in [0, 0.05) is 17.1 Å². The fourth-order valence-electron chi connectivity index (χ4n) is 6.36. The monoisotopic (exact) mass is 597 g/mol. The summed E-state index contributed by atoms with van der Waals surface area (Å²) in [6.45, 7) is 0. The third-order valence-corrected chi connectivity index (χ3v) is 8.85. The van der Waals surface area contributed by atoms with E-state index in [-0.39, 0.29) is 0 Å². The molecule has 8 aromatic carbocycles. The van der Waals surface area contributed by atoms with E-state index in [0.717, 1.165) is 60.9 Å². The van der Waals surface area contributed by atoms with Crippen LogP contribution in [0.4, 0.5) is 17.1 Å². The smallest absolute Gasteiger partial charge is 0.0991 e. The summed E-state index contributed by atoms with van der Waals surface area (Å²) in [4.78, 5) is 2.30. The summed E-state index contributed by atoms with van der Waals surface area (Å²) in [5.74, 6) is 0. The first-order chi connectivity index (χ1) is 23.1. The van der Waals surface area contributed by atoms with Crippen LogP contribution in [0, 0.1) is 22.7 Å². The summed E-state index contributed by atoms with van der Waals surface area (Å²) in [7, 11) is 0. The molecule has 3 heteroatoms. The highest BCUT2D eigenvalue weighted by atomic mass is 15.1. The molecule has 0 aliphatic carbocycles. The van der Waals surface area contributed by atoms with Gasteiger partial charge in [0.25, 0.3) is 0 Å². The Bertz CT molecular complexity index is 2390. The van der Waals surface area contributed by atoms with Crippen LogP contribution in [0.3, 0.4) is 0 Å². The number of fused-ring (bicyclic) bond motifs is 3. The third kappa shape index (κ3) is 5.33. The van der Waals surface area contributed by atoms with Crippen LogP contribution in [0.15, 0.2) is 164 Å². The van der Waals surface area contributed by atoms with E-state index < -0.39 is 0 Å². The molecule has 0 atom stereocenters. The topological polar surface area (TPSA) is 50.8 Å². The summed E-state index contributed by atoms with van der Waals surface area (Å²) in [5.41, 5.74) is 9.09. The molecule has 0 aliphatic rings. The normalized spacial score (nSPS) is 10.9. The second-order valence-corrected chi connectivity index (χ2v) is 11.7. The molecule has 0 saturated carbocycles. The maximum absolute atomic E-state index is 9.27. The van der Waals surface area contributed by atoms with Crippen LogP contribution in [0.2, 0.25) is 0 Å². The van der Waals surface area contributed by atoms with Crippen molar-refractivity contribution < 1.29 is 0 Å². The van der Waals surface area contributed by atoms with Crippen molar-refractivity contribution in [1.82, 2.24) is 0 Å². The van der Waals surface area contributed by atoms with Crippen molar-refractivity contribution in [3.63, 3.8) is 0 Å². The molecule has 0 aliphatic heterocycles. The van der Waals surface area contributed by atoms with Crippen molar-refractivity contribution in [1.29, 1.82) is 10.5 Å². The van der Waals surface area contributed by atoms with Gasteiger partial charge in [-0.2, -0.15) is 10.5 Å². The Kier molecular flexibility index (Phi) is 6.92. The Morgan fingerprint density at radius 1 is 0.319 bits per heavy atom. The second kappa shape index (κ2) is 11.7. The summed E-state index contributed by atoms with van der Waals surface area (Å²) >= 11 is 0. The Morgan fingerprint density at radius 3 is 1.21 bits per heavy atom. The molecule has 47 heavy (non-hydrogen) atoms. The summed E-state index contributed by atoms with van der Waals surface area (Å²) in [6.07, 6.45) is 0. The SMILES string of the molecule is N#Cc1ccc2cc(-c3ccc(N(c4ccc(-c5ccc6cc(C#N)ccc6c5)cc4)c4ccc5ccccc5c4)cc3)ccc2c1. The molecule has 3 nitrogen and oxygen atoms in total. The second-order valence-electron chi connectivity index (χ2n) is 11.7. The maximum atomic E-state index is 9.27. The van der Waals surface area contributed by atoms with Crippen molar-refractivity contribution in [3.05, 3.63) is 175 Å². The predicted octanol–water partition coefficient (Wildman–Crippen LogP) is 11.7. The lowest BCUT2D eigenvalue weighted by molar-refractivity contribution is 1.29. The average Bonchev–Trinajstić information content (AvgIpc) is 3.14. The summed E-state index contributed by atoms with van der Waals surface area (Å²) in [5, 5.41) is 25.3. The average molecular weight is 598 g/mol. The van der Waals surface area contributed by atoms with E-state index in [2.05, 4.69) is 144 Å². The molecule has 0 spiro atoms. The standard InChI is InChI=1S/C44H27N3/c45-28-30-5-7-40-25-38(11-9-36(40)23-30)33-13-18-42(19-14-33)47(44-22-17-32-3-1-2-4-35(32)27-44)43-20-15-34(16-21-43)39-12-10-37-24-31(29-46)6-8-41(37)26-39/h1-27H. The largest absolute Gasteiger partial charge is 0.310 e. The zero-order valence-corrected chi connectivity index (χ0v) is 25.4. The van der Waals surface area contributed by atoms with Crippen LogP contribution in [-0.2, 0) is 0 Å². The Morgan fingerprint density at radius 2 is 0.702 bits per heavy atom. The lowest BCUT2D eigenvalue weighted by Gasteiger charge is -2.26. The van der Waals surface area contributed by atoms with E-state index in [0.29, 0.717) is 11.1 Å². The van der Waals surface area contributed by atoms with E-state index in [9.17, 15) is 10.5 Å². The minimum atomic E-state index is 0.670. The van der Waals surface area contributed by atoms with Crippen LogP contribution in [0.5, 0.6) is 0 Å². The molecule has 0 unspecified atom stereocenters. The van der Waals surface area contributed by atoms with Crippen molar-refractivity contribution in [2.75, 3.05) is 4.90 Å². The van der Waals surface area contributed by atoms with E-state index in [1.54, 1.807) is 0 Å². The number of nitrogens with zero attached hydrogens (tertiary/aromatic N) is 3. The van der Waals surface area contributed by atoms with Crippen LogP contribution in [-0.4, -0.2) is 0 Å². The number of benzene rings is 8. The van der Waals surface area contributed by atoms with Crippen molar-refractivity contribution in [2.24, 2.45) is 0 Å². The maximum Gasteiger partial charge on any atom is 0.0991 e. The van der Waals surface area contributed by atoms with Gasteiger partial charge in [-0.25, -0.2) is 0 Å². The highest BCUT2D eigenvalue weighted by Crippen LogP contribution is 2.38. The minimum absolute atomic E-state index is 0.670. The van der Waals surface area contributed by atoms with Gasteiger partial charge < -0.3 is 4.90 Å². The van der Waals surface area contributed by atoms with Gasteiger partial charge in [-0.1, -0.05) is 91.0 Å². The molecule has 218 valence electrons. The molecule has 0 aromatic heterocycles. The van der Waals surface area contributed by atoms with Gasteiger partial charge in [-0.3, -0.25) is 0 Å². The molecule has 0 fully saturated rings. The Hall–Kier alpha value is -6.68. The minimum Gasteiger partial charge on any atom is -0.310 e. The molecular formula is C44H27N3. The van der Waals surface area contributed by atoms with Gasteiger partial charge in [0.15, 0.2) is 0 Å². The molecular weight excluding hydrogens is 571 g/mol. The Balaban J connectivity index is 1.17. The first-order valence-corrected chi connectivity index (χ1v) is 15.5. The molecule has 8 rings (SSSR count). The first-order valence-electron chi connectivity index (χ1n) is 15.5. The van der Waals surface area contributed by atoms with Crippen LogP contribution >= 0.6 is 0 Å². The van der Waals surface area contributed by atoms with Crippen molar-refractivity contribution >= 4 is 49.4 Å². The molecule has 0 amide bonds. The van der Waals surface area contributed by atoms with Gasteiger partial charge in [0.2, 0.25) is 0 Å². The molecule has 0 bridgehead atoms. The van der Waals surface area contributed by atoms with Crippen molar-refractivity contribution in [2.45, 2.75) is 0 Å². The lowest BCUT2D eigenvalue weighted by Crippen LogP contribution is -2.09. The van der Waals surface area contributed by atoms with Gasteiger partial charge in [-0.15, -0.1) is 0 Å². The number of anilines is 3. The molecule has 0 saturated heterocycles. The summed E-state index contributed by atoms with van der Waals surface area (Å²) < 4.78 is 0. The fraction of sp³-hybridized carbons (Fsp3) is 0. The number of nitriles is 2. The third-order valence-electron chi connectivity index (χ3n) is 8.85. The van der Waals surface area contributed by atoms with Crippen LogP contribution in [0.1, 0.15) is 11.1 Å². The quantitative estimate of drug-likeness (QED) is 0.198. The van der Waals surface area contributed by atoms with Crippen LogP contribution in [0.25, 0.3) is 54.6 Å². The molecule has 0 N–H and O–H groups in total. The zero-order valence-electron chi connectivity index (χ0n) is 25.4. The number of hydrogen-bond acceptors (Lipinski definition) is 3. The summed E-state index contributed by atoms with van der Waals surface area (Å²) in [6, 6.07) is 61.3. The van der Waals surface area contributed by atoms with Gasteiger partial charge in [0.05, 0.1) is 23.3 Å². The highest BCUT2D eigenvalue weighted by molar-refractivity contribution is 5.92. The predicted molar refractivity (Wildman–Crippen MR) is 194 cm³/mol. The number of hydrogen-bond donors (Lipinski definition) is 0. The van der Waals surface area contributed by atoms with Gasteiger partial charge >= 0.3 is 0 Å². The molecule has 0 radical (unpaired) electrons.